The van der Waals surface area contributed by atoms with E-state index in [1.165, 1.54) is 22.2 Å². The molecule has 0 fully saturated rings. The largest absolute Gasteiger partial charge is 0.494 e. The summed E-state index contributed by atoms with van der Waals surface area (Å²) in [6.07, 6.45) is 3.71. The molecule has 0 N–H and O–H groups in total. The Hall–Kier alpha value is -2.74. The van der Waals surface area contributed by atoms with Gasteiger partial charge in [0.2, 0.25) is 0 Å². The smallest absolute Gasteiger partial charge is 0.337 e. The maximum absolute atomic E-state index is 12.9. The van der Waals surface area contributed by atoms with Gasteiger partial charge in [0.05, 0.1) is 24.7 Å². The van der Waals surface area contributed by atoms with E-state index in [0.29, 0.717) is 36.8 Å². The molecule has 3 aromatic rings. The highest BCUT2D eigenvalue weighted by atomic mass is 32.1. The molecular formula is C21H23N3O4S. The molecule has 1 aromatic carbocycles. The fourth-order valence-electron chi connectivity index (χ4n) is 3.65. The Balaban J connectivity index is 1.39. The lowest BCUT2D eigenvalue weighted by molar-refractivity contribution is 0.0600. The number of benzene rings is 1. The van der Waals surface area contributed by atoms with E-state index >= 15 is 0 Å². The van der Waals surface area contributed by atoms with Crippen LogP contribution in [0.4, 0.5) is 0 Å². The molecule has 2 heterocycles. The quantitative estimate of drug-likeness (QED) is 0.456. The average molecular weight is 413 g/mol. The number of ether oxygens (including phenoxy) is 2. The molecule has 152 valence electrons. The van der Waals surface area contributed by atoms with Gasteiger partial charge in [-0.05, 0) is 55.0 Å². The van der Waals surface area contributed by atoms with Gasteiger partial charge in [-0.1, -0.05) is 12.1 Å². The minimum Gasteiger partial charge on any atom is -0.494 e. The number of carbonyl (C=O) groups excluding carboxylic acids is 1. The summed E-state index contributed by atoms with van der Waals surface area (Å²) in [5, 5.41) is 9.16. The van der Waals surface area contributed by atoms with Gasteiger partial charge in [-0.15, -0.1) is 16.4 Å². The van der Waals surface area contributed by atoms with Gasteiger partial charge in [-0.2, -0.15) is 0 Å². The molecule has 8 heteroatoms. The molecular weight excluding hydrogens is 390 g/mol. The maximum Gasteiger partial charge on any atom is 0.337 e. The van der Waals surface area contributed by atoms with Crippen LogP contribution in [-0.2, 0) is 24.1 Å². The van der Waals surface area contributed by atoms with Crippen molar-refractivity contribution in [3.8, 4) is 5.75 Å². The number of esters is 1. The van der Waals surface area contributed by atoms with Crippen molar-refractivity contribution in [1.29, 1.82) is 0 Å². The number of methoxy groups -OCH3 is 1. The summed E-state index contributed by atoms with van der Waals surface area (Å²) in [7, 11) is 1.35. The van der Waals surface area contributed by atoms with Gasteiger partial charge in [0, 0.05) is 17.8 Å². The minimum atomic E-state index is -0.380. The van der Waals surface area contributed by atoms with E-state index in [9.17, 15) is 9.59 Å². The molecule has 1 unspecified atom stereocenters. The molecule has 1 aliphatic carbocycles. The Morgan fingerprint density at radius 1 is 1.31 bits per heavy atom. The zero-order chi connectivity index (χ0) is 20.4. The van der Waals surface area contributed by atoms with Gasteiger partial charge >= 0.3 is 5.97 Å². The van der Waals surface area contributed by atoms with Crippen molar-refractivity contribution in [3.05, 3.63) is 50.6 Å². The van der Waals surface area contributed by atoms with Crippen molar-refractivity contribution >= 4 is 27.5 Å². The van der Waals surface area contributed by atoms with Gasteiger partial charge < -0.3 is 9.47 Å². The Kier molecular flexibility index (Phi) is 5.62. The van der Waals surface area contributed by atoms with E-state index in [1.54, 1.807) is 35.6 Å². The molecule has 2 aromatic heterocycles. The monoisotopic (exact) mass is 413 g/mol. The third-order valence-corrected chi connectivity index (χ3v) is 6.38. The predicted octanol–water partition coefficient (Wildman–Crippen LogP) is 3.23. The lowest BCUT2D eigenvalue weighted by atomic mass is 9.89. The van der Waals surface area contributed by atoms with Crippen LogP contribution < -0.4 is 10.3 Å². The predicted molar refractivity (Wildman–Crippen MR) is 111 cm³/mol. The maximum atomic E-state index is 12.9. The van der Waals surface area contributed by atoms with Gasteiger partial charge in [-0.3, -0.25) is 4.79 Å². The first-order valence-corrected chi connectivity index (χ1v) is 10.6. The number of fused-ring (bicyclic) bond motifs is 3. The fraction of sp³-hybridized carbons (Fsp3) is 0.429. The molecule has 0 radical (unpaired) electrons. The molecule has 0 saturated carbocycles. The van der Waals surface area contributed by atoms with Gasteiger partial charge in [0.25, 0.3) is 5.56 Å². The van der Waals surface area contributed by atoms with Crippen molar-refractivity contribution in [3.63, 3.8) is 0 Å². The Labute approximate surface area is 172 Å². The summed E-state index contributed by atoms with van der Waals surface area (Å²) in [5.41, 5.74) is 1.60. The Bertz CT molecular complexity index is 1090. The number of rotatable bonds is 6. The lowest BCUT2D eigenvalue weighted by Gasteiger charge is -2.17. The van der Waals surface area contributed by atoms with Crippen molar-refractivity contribution in [2.45, 2.75) is 39.2 Å². The van der Waals surface area contributed by atoms with E-state index < -0.39 is 0 Å². The molecule has 0 aliphatic heterocycles. The molecule has 29 heavy (non-hydrogen) atoms. The SMILES string of the molecule is COC(=O)c1ccc(OCCCn2nnc3sc4c(c3c2=O)CCC(C)C4)cc1. The molecule has 0 amide bonds. The highest BCUT2D eigenvalue weighted by Gasteiger charge is 2.23. The highest BCUT2D eigenvalue weighted by Crippen LogP contribution is 2.35. The van der Waals surface area contributed by atoms with E-state index in [2.05, 4.69) is 22.0 Å². The van der Waals surface area contributed by atoms with Crippen LogP contribution in [0.5, 0.6) is 5.75 Å². The summed E-state index contributed by atoms with van der Waals surface area (Å²) in [5.74, 6) is 0.937. The number of aromatic nitrogens is 3. The van der Waals surface area contributed by atoms with Crippen molar-refractivity contribution in [2.24, 2.45) is 5.92 Å². The zero-order valence-corrected chi connectivity index (χ0v) is 17.3. The second-order valence-corrected chi connectivity index (χ2v) is 8.45. The van der Waals surface area contributed by atoms with Crippen LogP contribution in [0.25, 0.3) is 10.2 Å². The van der Waals surface area contributed by atoms with E-state index in [4.69, 9.17) is 4.74 Å². The summed E-state index contributed by atoms with van der Waals surface area (Å²) >= 11 is 1.61. The first kappa shape index (κ1) is 19.6. The number of nitrogens with zero attached hydrogens (tertiary/aromatic N) is 3. The molecule has 0 saturated heterocycles. The molecule has 7 nitrogen and oxygen atoms in total. The van der Waals surface area contributed by atoms with Crippen LogP contribution in [0.15, 0.2) is 29.1 Å². The third-order valence-electron chi connectivity index (χ3n) is 5.24. The summed E-state index contributed by atoms with van der Waals surface area (Å²) in [4.78, 5) is 26.4. The number of carbonyl (C=O) groups is 1. The van der Waals surface area contributed by atoms with Crippen LogP contribution in [0.2, 0.25) is 0 Å². The van der Waals surface area contributed by atoms with E-state index in [1.807, 2.05) is 0 Å². The molecule has 4 rings (SSSR count). The standard InChI is InChI=1S/C21H23N3O4S/c1-13-4-9-16-17(12-13)29-19-18(16)20(25)24(23-22-19)10-3-11-28-15-7-5-14(6-8-15)21(26)27-2/h5-8,13H,3-4,9-12H2,1-2H3. The summed E-state index contributed by atoms with van der Waals surface area (Å²) in [6.45, 7) is 3.13. The summed E-state index contributed by atoms with van der Waals surface area (Å²) in [6, 6.07) is 6.77. The number of aryl methyl sites for hydroxylation is 2. The Morgan fingerprint density at radius 3 is 2.86 bits per heavy atom. The molecule has 1 atom stereocenters. The first-order valence-electron chi connectivity index (χ1n) is 9.76. The van der Waals surface area contributed by atoms with Gasteiger partial charge in [-0.25, -0.2) is 9.48 Å². The molecule has 0 spiro atoms. The van der Waals surface area contributed by atoms with E-state index in [-0.39, 0.29) is 11.5 Å². The van der Waals surface area contributed by atoms with Gasteiger partial charge in [0.15, 0.2) is 4.83 Å². The normalized spacial score (nSPS) is 15.9. The summed E-state index contributed by atoms with van der Waals surface area (Å²) < 4.78 is 11.8. The van der Waals surface area contributed by atoms with Crippen molar-refractivity contribution < 1.29 is 14.3 Å². The van der Waals surface area contributed by atoms with E-state index in [0.717, 1.165) is 29.5 Å². The average Bonchev–Trinajstić information content (AvgIpc) is 3.10. The topological polar surface area (TPSA) is 83.3 Å². The van der Waals surface area contributed by atoms with Crippen LogP contribution in [-0.4, -0.2) is 34.7 Å². The minimum absolute atomic E-state index is 0.0514. The van der Waals surface area contributed by atoms with Crippen LogP contribution >= 0.6 is 11.3 Å². The number of thiophene rings is 1. The third kappa shape index (κ3) is 4.03. The molecule has 0 bridgehead atoms. The fourth-order valence-corrected chi connectivity index (χ4v) is 4.97. The first-order chi connectivity index (χ1) is 14.1. The zero-order valence-electron chi connectivity index (χ0n) is 16.5. The molecule has 1 aliphatic rings. The second-order valence-electron chi connectivity index (χ2n) is 7.37. The van der Waals surface area contributed by atoms with Gasteiger partial charge in [0.1, 0.15) is 5.75 Å². The van der Waals surface area contributed by atoms with Crippen LogP contribution in [0.1, 0.15) is 40.6 Å². The van der Waals surface area contributed by atoms with Crippen LogP contribution in [0.3, 0.4) is 0 Å². The van der Waals surface area contributed by atoms with Crippen LogP contribution in [0, 0.1) is 5.92 Å². The Morgan fingerprint density at radius 2 is 2.10 bits per heavy atom. The lowest BCUT2D eigenvalue weighted by Crippen LogP contribution is -2.25. The van der Waals surface area contributed by atoms with Crippen molar-refractivity contribution in [1.82, 2.24) is 15.0 Å². The van der Waals surface area contributed by atoms with Crippen molar-refractivity contribution in [2.75, 3.05) is 13.7 Å². The number of hydrogen-bond donors (Lipinski definition) is 0. The highest BCUT2D eigenvalue weighted by molar-refractivity contribution is 7.18. The second kappa shape index (κ2) is 8.32. The number of hydrogen-bond acceptors (Lipinski definition) is 7.